The second-order valence-corrected chi connectivity index (χ2v) is 4.65. The lowest BCUT2D eigenvalue weighted by Crippen LogP contribution is -2.24. The zero-order valence-corrected chi connectivity index (χ0v) is 12.4. The van der Waals surface area contributed by atoms with Crippen LogP contribution in [0, 0.1) is 0 Å². The van der Waals surface area contributed by atoms with Crippen LogP contribution in [0.15, 0.2) is 58.5 Å². The number of hydrogen-bond acceptors (Lipinski definition) is 6. The largest absolute Gasteiger partial charge is 0.496 e. The molecule has 1 aromatic heterocycles. The molecule has 0 unspecified atom stereocenters. The van der Waals surface area contributed by atoms with Crippen LogP contribution in [0.1, 0.15) is 5.56 Å². The van der Waals surface area contributed by atoms with E-state index in [0.29, 0.717) is 16.7 Å². The molecule has 0 spiro atoms. The fourth-order valence-electron chi connectivity index (χ4n) is 2.06. The number of nitrogens with zero attached hydrogens (tertiary/aromatic N) is 4. The summed E-state index contributed by atoms with van der Waals surface area (Å²) in [5, 5.41) is 12.1. The summed E-state index contributed by atoms with van der Waals surface area (Å²) in [6.07, 6.45) is 1.51. The Morgan fingerprint density at radius 2 is 1.96 bits per heavy atom. The Labute approximate surface area is 131 Å². The molecule has 0 aliphatic rings. The summed E-state index contributed by atoms with van der Waals surface area (Å²) in [6, 6.07) is 14.4. The van der Waals surface area contributed by atoms with Gasteiger partial charge < -0.3 is 9.57 Å². The second kappa shape index (κ2) is 6.69. The van der Waals surface area contributed by atoms with Crippen molar-refractivity contribution in [2.75, 3.05) is 7.11 Å². The van der Waals surface area contributed by atoms with Crippen LogP contribution >= 0.6 is 0 Å². The lowest BCUT2D eigenvalue weighted by molar-refractivity contribution is 0.0713. The van der Waals surface area contributed by atoms with Gasteiger partial charge in [-0.3, -0.25) is 4.79 Å². The van der Waals surface area contributed by atoms with Crippen molar-refractivity contribution in [2.45, 2.75) is 6.73 Å². The molecule has 23 heavy (non-hydrogen) atoms. The second-order valence-electron chi connectivity index (χ2n) is 4.65. The highest BCUT2D eigenvalue weighted by atomic mass is 16.6. The highest BCUT2D eigenvalue weighted by Gasteiger charge is 2.04. The Morgan fingerprint density at radius 3 is 2.83 bits per heavy atom. The van der Waals surface area contributed by atoms with Crippen molar-refractivity contribution < 1.29 is 9.57 Å². The van der Waals surface area contributed by atoms with Gasteiger partial charge in [-0.05, 0) is 24.3 Å². The molecule has 0 amide bonds. The Hall–Kier alpha value is -3.22. The molecule has 0 radical (unpaired) electrons. The van der Waals surface area contributed by atoms with Crippen LogP contribution in [0.4, 0.5) is 0 Å². The fourth-order valence-corrected chi connectivity index (χ4v) is 2.06. The van der Waals surface area contributed by atoms with Crippen LogP contribution in [0.5, 0.6) is 5.75 Å². The summed E-state index contributed by atoms with van der Waals surface area (Å²) in [5.74, 6) is 0.683. The minimum absolute atomic E-state index is 0.123. The number of fused-ring (bicyclic) bond motifs is 1. The van der Waals surface area contributed by atoms with Crippen LogP contribution in [0.25, 0.3) is 10.9 Å². The number of para-hydroxylation sites is 1. The summed E-state index contributed by atoms with van der Waals surface area (Å²) in [6.45, 7) is -0.123. The highest BCUT2D eigenvalue weighted by molar-refractivity contribution is 5.83. The van der Waals surface area contributed by atoms with Crippen LogP contribution in [-0.2, 0) is 11.6 Å². The number of hydrogen-bond donors (Lipinski definition) is 0. The molecular formula is C16H14N4O3. The number of benzene rings is 2. The van der Waals surface area contributed by atoms with Crippen molar-refractivity contribution in [2.24, 2.45) is 5.16 Å². The first-order valence-electron chi connectivity index (χ1n) is 6.90. The zero-order chi connectivity index (χ0) is 16.1. The minimum Gasteiger partial charge on any atom is -0.496 e. The Kier molecular flexibility index (Phi) is 4.28. The van der Waals surface area contributed by atoms with Gasteiger partial charge in [-0.15, -0.1) is 5.10 Å². The third kappa shape index (κ3) is 3.18. The van der Waals surface area contributed by atoms with Crippen molar-refractivity contribution in [1.82, 2.24) is 15.0 Å². The number of oxime groups is 1. The summed E-state index contributed by atoms with van der Waals surface area (Å²) in [7, 11) is 1.58. The van der Waals surface area contributed by atoms with Crippen LogP contribution in [0.2, 0.25) is 0 Å². The van der Waals surface area contributed by atoms with Crippen molar-refractivity contribution in [1.29, 1.82) is 0 Å². The first kappa shape index (κ1) is 14.7. The predicted molar refractivity (Wildman–Crippen MR) is 85.5 cm³/mol. The molecule has 3 rings (SSSR count). The number of ether oxygens (including phenoxy) is 1. The van der Waals surface area contributed by atoms with Gasteiger partial charge in [0.05, 0.1) is 18.7 Å². The van der Waals surface area contributed by atoms with Crippen LogP contribution < -0.4 is 10.3 Å². The molecule has 116 valence electrons. The maximum atomic E-state index is 12.2. The maximum absolute atomic E-state index is 12.2. The van der Waals surface area contributed by atoms with Gasteiger partial charge in [0.2, 0.25) is 6.73 Å². The van der Waals surface area contributed by atoms with Crippen molar-refractivity contribution in [3.63, 3.8) is 0 Å². The van der Waals surface area contributed by atoms with Gasteiger partial charge in [-0.2, -0.15) is 4.68 Å². The molecule has 2 aromatic carbocycles. The molecule has 7 nitrogen and oxygen atoms in total. The van der Waals surface area contributed by atoms with Crippen LogP contribution in [-0.4, -0.2) is 28.3 Å². The standard InChI is InChI=1S/C16H14N4O3/c1-22-15-9-5-2-6-12(15)10-17-23-11-20-16(21)13-7-3-4-8-14(13)18-19-20/h2-10H,11H2,1H3/b17-10+. The van der Waals surface area contributed by atoms with Gasteiger partial charge in [-0.25, -0.2) is 0 Å². The Bertz CT molecular complexity index is 905. The third-order valence-corrected chi connectivity index (χ3v) is 3.21. The van der Waals surface area contributed by atoms with E-state index in [4.69, 9.17) is 9.57 Å². The smallest absolute Gasteiger partial charge is 0.280 e. The van der Waals surface area contributed by atoms with Gasteiger partial charge in [0, 0.05) is 5.56 Å². The van der Waals surface area contributed by atoms with E-state index in [1.165, 1.54) is 6.21 Å². The normalized spacial score (nSPS) is 11.0. The molecular weight excluding hydrogens is 296 g/mol. The van der Waals surface area contributed by atoms with Crippen molar-refractivity contribution in [3.8, 4) is 5.75 Å². The number of methoxy groups -OCH3 is 1. The molecule has 7 heteroatoms. The molecule has 1 heterocycles. The minimum atomic E-state index is -0.275. The molecule has 3 aromatic rings. The van der Waals surface area contributed by atoms with E-state index in [9.17, 15) is 4.79 Å². The van der Waals surface area contributed by atoms with E-state index in [1.807, 2.05) is 24.3 Å². The third-order valence-electron chi connectivity index (χ3n) is 3.21. The molecule has 0 saturated carbocycles. The highest BCUT2D eigenvalue weighted by Crippen LogP contribution is 2.14. The van der Waals surface area contributed by atoms with Crippen LogP contribution in [0.3, 0.4) is 0 Å². The molecule has 0 saturated heterocycles. The van der Waals surface area contributed by atoms with E-state index >= 15 is 0 Å². The van der Waals surface area contributed by atoms with Gasteiger partial charge in [0.1, 0.15) is 11.3 Å². The average Bonchev–Trinajstić information content (AvgIpc) is 2.61. The molecule has 0 aliphatic carbocycles. The van der Waals surface area contributed by atoms with Crippen molar-refractivity contribution in [3.05, 3.63) is 64.4 Å². The predicted octanol–water partition coefficient (Wildman–Crippen LogP) is 1.81. The van der Waals surface area contributed by atoms with E-state index in [1.54, 1.807) is 31.4 Å². The molecule has 0 bridgehead atoms. The fraction of sp³-hybridized carbons (Fsp3) is 0.125. The quantitative estimate of drug-likeness (QED) is 0.530. The Morgan fingerprint density at radius 1 is 1.17 bits per heavy atom. The summed E-state index contributed by atoms with van der Waals surface area (Å²) in [4.78, 5) is 17.3. The molecule has 0 atom stereocenters. The lowest BCUT2D eigenvalue weighted by atomic mass is 10.2. The maximum Gasteiger partial charge on any atom is 0.280 e. The summed E-state index contributed by atoms with van der Waals surface area (Å²) < 4.78 is 6.32. The topological polar surface area (TPSA) is 78.6 Å². The summed E-state index contributed by atoms with van der Waals surface area (Å²) in [5.41, 5.74) is 1.04. The van der Waals surface area contributed by atoms with Gasteiger partial charge in [0.25, 0.3) is 5.56 Å². The SMILES string of the molecule is COc1ccccc1/C=N/OCn1nnc2ccccc2c1=O. The van der Waals surface area contributed by atoms with E-state index in [2.05, 4.69) is 15.5 Å². The molecule has 0 fully saturated rings. The summed E-state index contributed by atoms with van der Waals surface area (Å²) >= 11 is 0. The van der Waals surface area contributed by atoms with Gasteiger partial charge >= 0.3 is 0 Å². The van der Waals surface area contributed by atoms with Crippen molar-refractivity contribution >= 4 is 17.1 Å². The first-order chi connectivity index (χ1) is 11.3. The molecule has 0 aliphatic heterocycles. The molecule has 0 N–H and O–H groups in total. The number of aromatic nitrogens is 3. The zero-order valence-electron chi connectivity index (χ0n) is 12.4. The van der Waals surface area contributed by atoms with E-state index in [0.717, 1.165) is 10.2 Å². The van der Waals surface area contributed by atoms with Gasteiger partial charge in [-0.1, -0.05) is 34.6 Å². The first-order valence-corrected chi connectivity index (χ1v) is 6.90. The average molecular weight is 310 g/mol. The van der Waals surface area contributed by atoms with Gasteiger partial charge in [0.15, 0.2) is 0 Å². The monoisotopic (exact) mass is 310 g/mol. The Balaban J connectivity index is 1.73. The lowest BCUT2D eigenvalue weighted by Gasteiger charge is -2.04. The van der Waals surface area contributed by atoms with E-state index < -0.39 is 0 Å². The number of rotatable bonds is 5. The van der Waals surface area contributed by atoms with E-state index in [-0.39, 0.29) is 12.3 Å².